The van der Waals surface area contributed by atoms with Crippen molar-refractivity contribution in [2.75, 3.05) is 18.2 Å². The van der Waals surface area contributed by atoms with Crippen LogP contribution in [0.1, 0.15) is 0 Å². The Labute approximate surface area is 107 Å². The molecule has 0 spiro atoms. The van der Waals surface area contributed by atoms with Gasteiger partial charge in [0.2, 0.25) is 0 Å². The van der Waals surface area contributed by atoms with Gasteiger partial charge in [-0.05, 0) is 24.3 Å². The van der Waals surface area contributed by atoms with Crippen molar-refractivity contribution < 1.29 is 17.9 Å². The van der Waals surface area contributed by atoms with Gasteiger partial charge in [0.25, 0.3) is 0 Å². The molecule has 0 aliphatic heterocycles. The van der Waals surface area contributed by atoms with Crippen LogP contribution in [0.2, 0.25) is 0 Å². The van der Waals surface area contributed by atoms with E-state index in [1.807, 2.05) is 0 Å². The summed E-state index contributed by atoms with van der Waals surface area (Å²) in [7, 11) is 1.30. The summed E-state index contributed by atoms with van der Waals surface area (Å²) < 4.78 is 45.1. The zero-order valence-electron chi connectivity index (χ0n) is 10.0. The van der Waals surface area contributed by atoms with Crippen molar-refractivity contribution in [3.05, 3.63) is 47.8 Å². The summed E-state index contributed by atoms with van der Waals surface area (Å²) in [5, 5.41) is 2.52. The van der Waals surface area contributed by atoms with Gasteiger partial charge in [0.1, 0.15) is 5.69 Å². The number of hydrogen-bond acceptors (Lipinski definition) is 3. The predicted molar refractivity (Wildman–Crippen MR) is 67.0 cm³/mol. The summed E-state index contributed by atoms with van der Waals surface area (Å²) in [5.41, 5.74) is 5.23. The molecule has 0 fully saturated rings. The van der Waals surface area contributed by atoms with Gasteiger partial charge in [0.05, 0.1) is 7.11 Å². The third-order valence-corrected chi connectivity index (χ3v) is 2.48. The predicted octanol–water partition coefficient (Wildman–Crippen LogP) is 3.44. The van der Waals surface area contributed by atoms with E-state index in [9.17, 15) is 13.2 Å². The number of halogens is 3. The van der Waals surface area contributed by atoms with Crippen LogP contribution in [0.25, 0.3) is 0 Å². The molecule has 6 heteroatoms. The summed E-state index contributed by atoms with van der Waals surface area (Å²) >= 11 is 0. The average molecular weight is 268 g/mol. The molecule has 100 valence electrons. The molecule has 0 bridgehead atoms. The van der Waals surface area contributed by atoms with Gasteiger partial charge in [0, 0.05) is 17.4 Å². The number of hydrogen-bond donors (Lipinski definition) is 2. The van der Waals surface area contributed by atoms with Crippen molar-refractivity contribution >= 4 is 17.1 Å². The quantitative estimate of drug-likeness (QED) is 0.838. The van der Waals surface area contributed by atoms with E-state index in [1.165, 1.54) is 19.2 Å². The highest BCUT2D eigenvalue weighted by atomic mass is 19.1. The number of nitrogen functional groups attached to an aromatic ring is 1. The van der Waals surface area contributed by atoms with Gasteiger partial charge in [-0.3, -0.25) is 0 Å². The smallest absolute Gasteiger partial charge is 0.165 e. The number of rotatable bonds is 3. The van der Waals surface area contributed by atoms with E-state index in [0.717, 1.165) is 18.2 Å². The summed E-state index contributed by atoms with van der Waals surface area (Å²) in [5.74, 6) is -2.26. The van der Waals surface area contributed by atoms with E-state index < -0.39 is 17.5 Å². The van der Waals surface area contributed by atoms with E-state index >= 15 is 0 Å². The lowest BCUT2D eigenvalue weighted by atomic mass is 10.2. The molecule has 3 N–H and O–H groups in total. The molecule has 19 heavy (non-hydrogen) atoms. The number of ether oxygens (including phenoxy) is 1. The van der Waals surface area contributed by atoms with E-state index in [1.54, 1.807) is 0 Å². The fraction of sp³-hybridized carbons (Fsp3) is 0.0769. The number of nitrogens with two attached hydrogens (primary N) is 1. The molecule has 0 aliphatic rings. The highest BCUT2D eigenvalue weighted by molar-refractivity contribution is 5.64. The van der Waals surface area contributed by atoms with E-state index in [0.29, 0.717) is 5.69 Å². The molecule has 0 aliphatic carbocycles. The lowest BCUT2D eigenvalue weighted by molar-refractivity contribution is 0.387. The van der Waals surface area contributed by atoms with Crippen LogP contribution in [0.15, 0.2) is 30.3 Å². The van der Waals surface area contributed by atoms with Crippen LogP contribution in [0, 0.1) is 17.5 Å². The minimum Gasteiger partial charge on any atom is -0.494 e. The third kappa shape index (κ3) is 2.73. The lowest BCUT2D eigenvalue weighted by Crippen LogP contribution is -2.00. The van der Waals surface area contributed by atoms with Crippen molar-refractivity contribution in [3.63, 3.8) is 0 Å². The highest BCUT2D eigenvalue weighted by Gasteiger charge is 2.11. The third-order valence-electron chi connectivity index (χ3n) is 2.48. The van der Waals surface area contributed by atoms with E-state index in [2.05, 4.69) is 5.32 Å². The van der Waals surface area contributed by atoms with Gasteiger partial charge in [-0.25, -0.2) is 13.2 Å². The molecule has 0 saturated carbocycles. The Kier molecular flexibility index (Phi) is 3.50. The second-order valence-electron chi connectivity index (χ2n) is 3.83. The van der Waals surface area contributed by atoms with Crippen molar-refractivity contribution in [2.24, 2.45) is 0 Å². The fourth-order valence-corrected chi connectivity index (χ4v) is 1.59. The summed E-state index contributed by atoms with van der Waals surface area (Å²) in [4.78, 5) is 0. The van der Waals surface area contributed by atoms with Crippen LogP contribution < -0.4 is 15.8 Å². The lowest BCUT2D eigenvalue weighted by Gasteiger charge is -2.11. The van der Waals surface area contributed by atoms with Crippen LogP contribution >= 0.6 is 0 Å². The number of anilines is 3. The minimum absolute atomic E-state index is 0.0164. The molecule has 0 atom stereocenters. The summed E-state index contributed by atoms with van der Waals surface area (Å²) in [6.07, 6.45) is 0. The number of methoxy groups -OCH3 is 1. The zero-order chi connectivity index (χ0) is 14.0. The van der Waals surface area contributed by atoms with Gasteiger partial charge in [0.15, 0.2) is 23.2 Å². The second kappa shape index (κ2) is 5.09. The molecule has 3 nitrogen and oxygen atoms in total. The van der Waals surface area contributed by atoms with E-state index in [-0.39, 0.29) is 17.1 Å². The van der Waals surface area contributed by atoms with Gasteiger partial charge in [-0.15, -0.1) is 0 Å². The minimum atomic E-state index is -0.833. The van der Waals surface area contributed by atoms with Crippen LogP contribution in [0.4, 0.5) is 30.2 Å². The Morgan fingerprint density at radius 2 is 1.63 bits per heavy atom. The van der Waals surface area contributed by atoms with Crippen LogP contribution in [0.5, 0.6) is 5.75 Å². The molecular formula is C13H11F3N2O. The van der Waals surface area contributed by atoms with Crippen molar-refractivity contribution in [3.8, 4) is 5.75 Å². The SMILES string of the molecule is COc1cc(Nc2c(F)cc(N)cc2F)ccc1F. The highest BCUT2D eigenvalue weighted by Crippen LogP contribution is 2.28. The van der Waals surface area contributed by atoms with Crippen molar-refractivity contribution in [2.45, 2.75) is 0 Å². The van der Waals surface area contributed by atoms with E-state index in [4.69, 9.17) is 10.5 Å². The largest absolute Gasteiger partial charge is 0.494 e. The van der Waals surface area contributed by atoms with Crippen LogP contribution in [-0.4, -0.2) is 7.11 Å². The Morgan fingerprint density at radius 3 is 2.21 bits per heavy atom. The first kappa shape index (κ1) is 13.1. The molecular weight excluding hydrogens is 257 g/mol. The number of benzene rings is 2. The Balaban J connectivity index is 2.36. The van der Waals surface area contributed by atoms with Crippen LogP contribution in [-0.2, 0) is 0 Å². The Hall–Kier alpha value is -2.37. The maximum absolute atomic E-state index is 13.6. The van der Waals surface area contributed by atoms with Crippen LogP contribution in [0.3, 0.4) is 0 Å². The first-order valence-electron chi connectivity index (χ1n) is 5.36. The Bertz CT molecular complexity index is 594. The molecule has 0 unspecified atom stereocenters. The normalized spacial score (nSPS) is 10.3. The fourth-order valence-electron chi connectivity index (χ4n) is 1.59. The second-order valence-corrected chi connectivity index (χ2v) is 3.83. The molecule has 2 aromatic carbocycles. The van der Waals surface area contributed by atoms with Gasteiger partial charge >= 0.3 is 0 Å². The molecule has 0 radical (unpaired) electrons. The average Bonchev–Trinajstić information content (AvgIpc) is 2.35. The van der Waals surface area contributed by atoms with Crippen molar-refractivity contribution in [1.29, 1.82) is 0 Å². The maximum Gasteiger partial charge on any atom is 0.165 e. The first-order valence-corrected chi connectivity index (χ1v) is 5.36. The first-order chi connectivity index (χ1) is 9.01. The molecule has 0 saturated heterocycles. The summed E-state index contributed by atoms with van der Waals surface area (Å²) in [6.45, 7) is 0. The van der Waals surface area contributed by atoms with Crippen molar-refractivity contribution in [1.82, 2.24) is 0 Å². The maximum atomic E-state index is 13.6. The Morgan fingerprint density at radius 1 is 1.00 bits per heavy atom. The monoisotopic (exact) mass is 268 g/mol. The van der Waals surface area contributed by atoms with Gasteiger partial charge < -0.3 is 15.8 Å². The standard InChI is InChI=1S/C13H11F3N2O/c1-19-12-6-8(2-3-9(12)14)18-13-10(15)4-7(17)5-11(13)16/h2-6,18H,17H2,1H3. The van der Waals surface area contributed by atoms with Gasteiger partial charge in [-0.2, -0.15) is 0 Å². The topological polar surface area (TPSA) is 47.3 Å². The molecule has 0 heterocycles. The summed E-state index contributed by atoms with van der Waals surface area (Å²) in [6, 6.07) is 5.75. The molecule has 0 aromatic heterocycles. The number of nitrogens with one attached hydrogen (secondary N) is 1. The van der Waals surface area contributed by atoms with Gasteiger partial charge in [-0.1, -0.05) is 0 Å². The molecule has 2 rings (SSSR count). The zero-order valence-corrected chi connectivity index (χ0v) is 10.0. The molecule has 0 amide bonds. The molecule has 2 aromatic rings.